The minimum Gasteiger partial charge on any atom is -0.462 e. The normalized spacial score (nSPS) is 14.2. The number of rotatable bonds is 71. The van der Waals surface area contributed by atoms with Crippen LogP contribution in [0.5, 0.6) is 0 Å². The number of hydrogen-bond donors (Lipinski definition) is 3. The molecule has 0 heterocycles. The van der Waals surface area contributed by atoms with Crippen LogP contribution in [0.3, 0.4) is 0 Å². The number of ether oxygens (including phenoxy) is 4. The molecule has 0 aromatic rings. The molecule has 0 aromatic heterocycles. The van der Waals surface area contributed by atoms with Gasteiger partial charge in [-0.3, -0.25) is 37.3 Å². The van der Waals surface area contributed by atoms with Crippen LogP contribution < -0.4 is 0 Å². The number of hydrogen-bond acceptors (Lipinski definition) is 15. The number of carbonyl (C=O) groups is 4. The fraction of sp³-hybridized carbons (Fsp3) is 0.890. The van der Waals surface area contributed by atoms with Gasteiger partial charge in [-0.1, -0.05) is 303 Å². The molecule has 17 nitrogen and oxygen atoms in total. The predicted octanol–water partition coefficient (Wildman–Crippen LogP) is 20.9. The first-order chi connectivity index (χ1) is 44.5. The van der Waals surface area contributed by atoms with Crippen LogP contribution in [-0.4, -0.2) is 96.7 Å². The molecule has 3 N–H and O–H groups in total. The SMILES string of the molecule is CCCCCC/C=C\C=C/CCCCCCCC(=O)O[C@H](COC(=O)CCCCCCCCCCCCCCC)COP(=O)(O)OC[C@@H](O)COP(=O)(O)OC[C@@H](COC(=O)CCCCCCCCCCC(C)C)OC(=O)CCCCCCCCCCCCCCC. The summed E-state index contributed by atoms with van der Waals surface area (Å²) in [5.74, 6) is -1.42. The van der Waals surface area contributed by atoms with Gasteiger partial charge in [-0.15, -0.1) is 0 Å². The summed E-state index contributed by atoms with van der Waals surface area (Å²) in [7, 11) is -9.92. The van der Waals surface area contributed by atoms with Crippen LogP contribution in [0.25, 0.3) is 0 Å². The van der Waals surface area contributed by atoms with Gasteiger partial charge >= 0.3 is 39.5 Å². The molecule has 0 spiro atoms. The monoisotopic (exact) mass is 1350 g/mol. The Morgan fingerprint density at radius 2 is 0.587 bits per heavy atom. The maximum absolute atomic E-state index is 13.0. The van der Waals surface area contributed by atoms with Gasteiger partial charge in [0.15, 0.2) is 12.2 Å². The van der Waals surface area contributed by atoms with Gasteiger partial charge in [-0.05, 0) is 57.3 Å². The van der Waals surface area contributed by atoms with Gasteiger partial charge in [0.2, 0.25) is 0 Å². The summed E-state index contributed by atoms with van der Waals surface area (Å²) >= 11 is 0. The Balaban J connectivity index is 5.29. The molecule has 0 rings (SSSR count). The van der Waals surface area contributed by atoms with E-state index in [9.17, 15) is 43.2 Å². The van der Waals surface area contributed by atoms with Gasteiger partial charge in [0.05, 0.1) is 26.4 Å². The molecule has 0 bridgehead atoms. The van der Waals surface area contributed by atoms with Crippen molar-refractivity contribution < 1.29 is 80.2 Å². The van der Waals surface area contributed by atoms with E-state index < -0.39 is 97.5 Å². The predicted molar refractivity (Wildman–Crippen MR) is 372 cm³/mol. The van der Waals surface area contributed by atoms with Crippen LogP contribution in [0.1, 0.15) is 356 Å². The Morgan fingerprint density at radius 3 is 0.891 bits per heavy atom. The molecule has 0 amide bonds. The molecule has 0 radical (unpaired) electrons. The highest BCUT2D eigenvalue weighted by atomic mass is 31.2. The van der Waals surface area contributed by atoms with Crippen molar-refractivity contribution in [3.8, 4) is 0 Å². The number of aliphatic hydroxyl groups excluding tert-OH is 1. The quantitative estimate of drug-likeness (QED) is 0.0169. The molecule has 0 saturated heterocycles. The van der Waals surface area contributed by atoms with E-state index >= 15 is 0 Å². The molecule has 0 fully saturated rings. The van der Waals surface area contributed by atoms with Crippen LogP contribution in [0.4, 0.5) is 0 Å². The highest BCUT2D eigenvalue weighted by Crippen LogP contribution is 2.45. The molecule has 19 heteroatoms. The Labute approximate surface area is 561 Å². The van der Waals surface area contributed by atoms with Crippen molar-refractivity contribution in [3.05, 3.63) is 24.3 Å². The van der Waals surface area contributed by atoms with Gasteiger partial charge in [0.1, 0.15) is 19.3 Å². The highest BCUT2D eigenvalue weighted by Gasteiger charge is 2.30. The van der Waals surface area contributed by atoms with Crippen molar-refractivity contribution in [1.29, 1.82) is 0 Å². The van der Waals surface area contributed by atoms with Crippen molar-refractivity contribution in [2.45, 2.75) is 374 Å². The van der Waals surface area contributed by atoms with Gasteiger partial charge in [-0.2, -0.15) is 0 Å². The summed E-state index contributed by atoms with van der Waals surface area (Å²) in [4.78, 5) is 72.7. The molecule has 2 unspecified atom stereocenters. The highest BCUT2D eigenvalue weighted by molar-refractivity contribution is 7.47. The maximum Gasteiger partial charge on any atom is 0.472 e. The molecular weight excluding hydrogens is 1210 g/mol. The fourth-order valence-corrected chi connectivity index (χ4v) is 12.2. The number of allylic oxidation sites excluding steroid dienone is 4. The van der Waals surface area contributed by atoms with Crippen molar-refractivity contribution in [3.63, 3.8) is 0 Å². The lowest BCUT2D eigenvalue weighted by atomic mass is 10.0. The second kappa shape index (κ2) is 65.8. The van der Waals surface area contributed by atoms with Gasteiger partial charge in [-0.25, -0.2) is 9.13 Å². The summed E-state index contributed by atoms with van der Waals surface area (Å²) in [5, 5.41) is 10.6. The van der Waals surface area contributed by atoms with E-state index in [1.165, 1.54) is 167 Å². The number of phosphoric acid groups is 2. The summed E-state index contributed by atoms with van der Waals surface area (Å²) in [6.07, 6.45) is 56.2. The number of phosphoric ester groups is 2. The Hall–Kier alpha value is -2.46. The summed E-state index contributed by atoms with van der Waals surface area (Å²) in [5.41, 5.74) is 0. The first-order valence-corrected chi connectivity index (χ1v) is 40.4. The van der Waals surface area contributed by atoms with Crippen LogP contribution >= 0.6 is 15.6 Å². The van der Waals surface area contributed by atoms with Gasteiger partial charge in [0.25, 0.3) is 0 Å². The molecule has 0 aliphatic carbocycles. The molecule has 0 saturated carbocycles. The van der Waals surface area contributed by atoms with Crippen LogP contribution in [-0.2, 0) is 65.4 Å². The van der Waals surface area contributed by atoms with E-state index in [0.29, 0.717) is 25.7 Å². The fourth-order valence-electron chi connectivity index (χ4n) is 10.6. The topological polar surface area (TPSA) is 237 Å². The van der Waals surface area contributed by atoms with E-state index in [2.05, 4.69) is 58.9 Å². The van der Waals surface area contributed by atoms with Crippen LogP contribution in [0.15, 0.2) is 24.3 Å². The zero-order chi connectivity index (χ0) is 67.7. The number of unbranched alkanes of at least 4 members (excludes halogenated alkanes) is 40. The molecule has 92 heavy (non-hydrogen) atoms. The first kappa shape index (κ1) is 89.5. The standard InChI is InChI=1S/C73H138O17P2/c1-6-9-12-15-18-21-24-27-28-31-34-37-44-49-54-59-73(78)89-68(62-83-70(75)56-51-46-41-35-32-29-25-22-19-16-13-10-7-2)64-87-91(79,80)85-60-67(74)61-86-92(81,82)88-65-69(63-84-71(76)57-52-47-42-39-38-40-45-50-55-66(4)5)90-72(77)58-53-48-43-36-33-30-26-23-20-17-14-11-8-3/h21,24,27-28,66-69,74H,6-20,22-23,25-26,29-65H2,1-5H3,(H,79,80)(H,81,82)/b24-21-,28-27-/t67-,68-,69-/m1/s1. The van der Waals surface area contributed by atoms with Crippen molar-refractivity contribution >= 4 is 39.5 Å². The third kappa shape index (κ3) is 66.2. The average Bonchev–Trinajstić information content (AvgIpc) is 1.91. The minimum absolute atomic E-state index is 0.0855. The van der Waals surface area contributed by atoms with Crippen molar-refractivity contribution in [2.24, 2.45) is 5.92 Å². The molecule has 0 aromatic carbocycles. The number of carbonyl (C=O) groups excluding carboxylic acids is 4. The molecular formula is C73H138O17P2. The van der Waals surface area contributed by atoms with Gasteiger partial charge < -0.3 is 33.8 Å². The van der Waals surface area contributed by atoms with E-state index in [0.717, 1.165) is 109 Å². The largest absolute Gasteiger partial charge is 0.472 e. The minimum atomic E-state index is -4.96. The lowest BCUT2D eigenvalue weighted by Crippen LogP contribution is -2.30. The molecule has 0 aliphatic heterocycles. The molecule has 0 aliphatic rings. The van der Waals surface area contributed by atoms with E-state index in [1.54, 1.807) is 0 Å². The number of esters is 4. The van der Waals surface area contributed by atoms with Crippen molar-refractivity contribution in [1.82, 2.24) is 0 Å². The zero-order valence-corrected chi connectivity index (χ0v) is 61.0. The summed E-state index contributed by atoms with van der Waals surface area (Å²) < 4.78 is 68.4. The second-order valence-electron chi connectivity index (χ2n) is 26.1. The Bertz CT molecular complexity index is 1860. The number of aliphatic hydroxyl groups is 1. The van der Waals surface area contributed by atoms with E-state index in [-0.39, 0.29) is 25.7 Å². The molecule has 5 atom stereocenters. The van der Waals surface area contributed by atoms with E-state index in [4.69, 9.17) is 37.0 Å². The lowest BCUT2D eigenvalue weighted by molar-refractivity contribution is -0.161. The summed E-state index contributed by atoms with van der Waals surface area (Å²) in [6, 6.07) is 0. The maximum atomic E-state index is 13.0. The van der Waals surface area contributed by atoms with Crippen LogP contribution in [0.2, 0.25) is 0 Å². The zero-order valence-electron chi connectivity index (χ0n) is 59.2. The van der Waals surface area contributed by atoms with Crippen molar-refractivity contribution in [2.75, 3.05) is 39.6 Å². The third-order valence-corrected chi connectivity index (χ3v) is 18.3. The van der Waals surface area contributed by atoms with Gasteiger partial charge in [0, 0.05) is 25.7 Å². The Morgan fingerprint density at radius 1 is 0.337 bits per heavy atom. The Kier molecular flexibility index (Phi) is 64.0. The summed E-state index contributed by atoms with van der Waals surface area (Å²) in [6.45, 7) is 7.17. The first-order valence-electron chi connectivity index (χ1n) is 37.5. The van der Waals surface area contributed by atoms with Crippen LogP contribution in [0, 0.1) is 5.92 Å². The second-order valence-corrected chi connectivity index (χ2v) is 29.0. The smallest absolute Gasteiger partial charge is 0.462 e. The third-order valence-electron chi connectivity index (χ3n) is 16.4. The average molecular weight is 1350 g/mol. The molecule has 542 valence electrons. The van der Waals surface area contributed by atoms with E-state index in [1.807, 2.05) is 0 Å². The lowest BCUT2D eigenvalue weighted by Gasteiger charge is -2.21.